The number of benzene rings is 2. The van der Waals surface area contributed by atoms with E-state index in [0.29, 0.717) is 47.0 Å². The fourth-order valence-corrected chi connectivity index (χ4v) is 4.93. The maximum Gasteiger partial charge on any atom is 0.260 e. The maximum absolute atomic E-state index is 14.1. The van der Waals surface area contributed by atoms with E-state index < -0.39 is 0 Å². The molecule has 1 amide bonds. The van der Waals surface area contributed by atoms with E-state index in [-0.39, 0.29) is 18.1 Å². The third-order valence-corrected chi connectivity index (χ3v) is 7.29. The Morgan fingerprint density at radius 3 is 2.62 bits per heavy atom. The lowest BCUT2D eigenvalue weighted by molar-refractivity contribution is -0.122. The van der Waals surface area contributed by atoms with Crippen LogP contribution >= 0.6 is 11.6 Å². The van der Waals surface area contributed by atoms with Crippen LogP contribution < -0.4 is 11.1 Å². The van der Waals surface area contributed by atoms with Gasteiger partial charge in [0.1, 0.15) is 5.84 Å². The average molecular weight is 548 g/mol. The number of ether oxygens (including phenoxy) is 1. The van der Waals surface area contributed by atoms with Crippen molar-refractivity contribution in [2.45, 2.75) is 71.9 Å². The van der Waals surface area contributed by atoms with E-state index in [1.807, 2.05) is 82.3 Å². The van der Waals surface area contributed by atoms with E-state index in [1.165, 1.54) is 0 Å². The number of aliphatic imine (C=N–C) groups is 2. The molecule has 0 saturated heterocycles. The number of methoxy groups -OCH3 is 1. The summed E-state index contributed by atoms with van der Waals surface area (Å²) in [4.78, 5) is 25.4. The molecule has 1 heterocycles. The van der Waals surface area contributed by atoms with Crippen molar-refractivity contribution < 1.29 is 9.53 Å². The Labute approximate surface area is 236 Å². The van der Waals surface area contributed by atoms with Crippen molar-refractivity contribution in [2.24, 2.45) is 15.7 Å². The molecule has 2 aromatic rings. The van der Waals surface area contributed by atoms with Gasteiger partial charge in [0.2, 0.25) is 0 Å². The lowest BCUT2D eigenvalue weighted by Gasteiger charge is -2.32. The molecule has 39 heavy (non-hydrogen) atoms. The molecule has 1 aliphatic carbocycles. The first-order valence-electron chi connectivity index (χ1n) is 13.4. The number of amides is 1. The van der Waals surface area contributed by atoms with Crippen LogP contribution in [0.15, 0.2) is 70.2 Å². The highest BCUT2D eigenvalue weighted by Crippen LogP contribution is 2.34. The zero-order valence-corrected chi connectivity index (χ0v) is 24.1. The number of rotatable bonds is 9. The average Bonchev–Trinajstić information content (AvgIpc) is 3.75. The van der Waals surface area contributed by atoms with Crippen LogP contribution in [0.4, 0.5) is 0 Å². The highest BCUT2D eigenvalue weighted by molar-refractivity contribution is 6.37. The van der Waals surface area contributed by atoms with Crippen LogP contribution in [-0.4, -0.2) is 41.9 Å². The highest BCUT2D eigenvalue weighted by Gasteiger charge is 2.33. The van der Waals surface area contributed by atoms with Gasteiger partial charge in [0, 0.05) is 41.2 Å². The molecule has 1 saturated carbocycles. The normalized spacial score (nSPS) is 19.9. The van der Waals surface area contributed by atoms with Crippen molar-refractivity contribution in [1.29, 1.82) is 0 Å². The van der Waals surface area contributed by atoms with Crippen molar-refractivity contribution in [1.82, 2.24) is 10.2 Å². The molecule has 1 aliphatic heterocycles. The second-order valence-corrected chi connectivity index (χ2v) is 10.5. The predicted molar refractivity (Wildman–Crippen MR) is 160 cm³/mol. The van der Waals surface area contributed by atoms with E-state index in [4.69, 9.17) is 27.1 Å². The summed E-state index contributed by atoms with van der Waals surface area (Å²) >= 11 is 6.80. The Morgan fingerprint density at radius 2 is 1.97 bits per heavy atom. The molecule has 2 aliphatic rings. The van der Waals surface area contributed by atoms with E-state index in [9.17, 15) is 4.79 Å². The Hall–Kier alpha value is -3.26. The van der Waals surface area contributed by atoms with Gasteiger partial charge < -0.3 is 10.5 Å². The number of allylic oxidation sites excluding steroid dienone is 1. The Morgan fingerprint density at radius 1 is 1.23 bits per heavy atom. The van der Waals surface area contributed by atoms with Gasteiger partial charge in [0.25, 0.3) is 5.91 Å². The van der Waals surface area contributed by atoms with Crippen LogP contribution in [0.25, 0.3) is 5.57 Å². The number of nitrogens with zero attached hydrogens (tertiary/aromatic N) is 3. The number of halogens is 1. The van der Waals surface area contributed by atoms with E-state index in [1.54, 1.807) is 12.0 Å². The van der Waals surface area contributed by atoms with Crippen LogP contribution in [0.3, 0.4) is 0 Å². The number of amidine groups is 1. The summed E-state index contributed by atoms with van der Waals surface area (Å²) < 4.78 is 5.20. The maximum atomic E-state index is 14.1. The number of hydrogen-bond donors (Lipinski definition) is 2. The largest absolute Gasteiger partial charge is 0.484 e. The minimum Gasteiger partial charge on any atom is -0.484 e. The first-order valence-corrected chi connectivity index (χ1v) is 13.8. The molecule has 0 radical (unpaired) electrons. The van der Waals surface area contributed by atoms with Gasteiger partial charge in [-0.1, -0.05) is 54.1 Å². The van der Waals surface area contributed by atoms with Crippen LogP contribution in [0.5, 0.6) is 0 Å². The quantitative estimate of drug-likeness (QED) is 0.307. The van der Waals surface area contributed by atoms with Crippen molar-refractivity contribution >= 4 is 34.8 Å². The molecule has 0 spiro atoms. The Kier molecular flexibility index (Phi) is 9.38. The molecular formula is C31H38ClN5O2. The topological polar surface area (TPSA) is 92.3 Å². The SMILES string of the molecule is C/C=C1/C=C(c2ccc(C(C)N=C(C)OC)cc2Cl)C(=O)N(Cc2cccc(CN)c2)/C1=N/C(C)NC1CC1. The third kappa shape index (κ3) is 7.04. The van der Waals surface area contributed by atoms with Crippen molar-refractivity contribution in [3.8, 4) is 0 Å². The van der Waals surface area contributed by atoms with Gasteiger partial charge in [-0.15, -0.1) is 0 Å². The number of hydrogen-bond acceptors (Lipinski definition) is 6. The predicted octanol–water partition coefficient (Wildman–Crippen LogP) is 5.79. The smallest absolute Gasteiger partial charge is 0.260 e. The summed E-state index contributed by atoms with van der Waals surface area (Å²) in [5, 5.41) is 4.01. The molecule has 2 unspecified atom stereocenters. The van der Waals surface area contributed by atoms with E-state index in [2.05, 4.69) is 10.3 Å². The van der Waals surface area contributed by atoms with Crippen LogP contribution in [-0.2, 0) is 22.6 Å². The van der Waals surface area contributed by atoms with Crippen LogP contribution in [0.2, 0.25) is 5.02 Å². The lowest BCUT2D eigenvalue weighted by atomic mass is 9.94. The van der Waals surface area contributed by atoms with Gasteiger partial charge in [-0.2, -0.15) is 0 Å². The molecule has 7 nitrogen and oxygen atoms in total. The van der Waals surface area contributed by atoms with E-state index >= 15 is 0 Å². The van der Waals surface area contributed by atoms with Gasteiger partial charge in [0.05, 0.1) is 25.9 Å². The van der Waals surface area contributed by atoms with Crippen molar-refractivity contribution in [2.75, 3.05) is 7.11 Å². The molecule has 8 heteroatoms. The minimum atomic E-state index is -0.146. The molecule has 0 bridgehead atoms. The molecule has 2 atom stereocenters. The first kappa shape index (κ1) is 28.7. The second-order valence-electron chi connectivity index (χ2n) is 10.1. The van der Waals surface area contributed by atoms with Gasteiger partial charge in [-0.05, 0) is 62.4 Å². The van der Waals surface area contributed by atoms with Gasteiger partial charge in [-0.25, -0.2) is 9.98 Å². The summed E-state index contributed by atoms with van der Waals surface area (Å²) in [6.45, 7) is 8.59. The number of carbonyl (C=O) groups excluding carboxylic acids is 1. The fraction of sp³-hybridized carbons (Fsp3) is 0.387. The first-order chi connectivity index (χ1) is 18.7. The third-order valence-electron chi connectivity index (χ3n) is 6.97. The Balaban J connectivity index is 1.74. The van der Waals surface area contributed by atoms with E-state index in [0.717, 1.165) is 35.1 Å². The monoisotopic (exact) mass is 547 g/mol. The summed E-state index contributed by atoms with van der Waals surface area (Å²) in [5.41, 5.74) is 10.9. The molecular weight excluding hydrogens is 510 g/mol. The molecule has 2 aromatic carbocycles. The summed E-state index contributed by atoms with van der Waals surface area (Å²) in [7, 11) is 1.60. The van der Waals surface area contributed by atoms with Gasteiger partial charge in [-0.3, -0.25) is 15.0 Å². The molecule has 206 valence electrons. The molecule has 0 aromatic heterocycles. The van der Waals surface area contributed by atoms with Crippen molar-refractivity contribution in [3.05, 3.63) is 87.5 Å². The zero-order valence-electron chi connectivity index (χ0n) is 23.4. The number of carbonyl (C=O) groups is 1. The minimum absolute atomic E-state index is 0.122. The fourth-order valence-electron chi connectivity index (χ4n) is 4.63. The second kappa shape index (κ2) is 12.7. The summed E-state index contributed by atoms with van der Waals surface area (Å²) in [5.74, 6) is 1.10. The van der Waals surface area contributed by atoms with Crippen LogP contribution in [0.1, 0.15) is 68.8 Å². The standard InChI is InChI=1S/C31H38ClN5O2/c1-6-24-15-28(27-13-10-25(16-29(27)32)19(2)34-21(4)39-5)31(38)37(18-23-9-7-8-22(14-23)17-33)30(24)36-20(3)35-26-11-12-26/h6-10,13-16,19-20,26,35H,11-12,17-18,33H2,1-5H3/b24-6-,34-21?,36-30+. The summed E-state index contributed by atoms with van der Waals surface area (Å²) in [6, 6.07) is 14.1. The van der Waals surface area contributed by atoms with Crippen LogP contribution in [0, 0.1) is 0 Å². The number of nitrogens with one attached hydrogen (secondary N) is 1. The van der Waals surface area contributed by atoms with Crippen molar-refractivity contribution in [3.63, 3.8) is 0 Å². The Bertz CT molecular complexity index is 1340. The number of nitrogens with two attached hydrogens (primary N) is 1. The van der Waals surface area contributed by atoms with Gasteiger partial charge >= 0.3 is 0 Å². The highest BCUT2D eigenvalue weighted by atomic mass is 35.5. The molecule has 1 fully saturated rings. The zero-order chi connectivity index (χ0) is 28.1. The van der Waals surface area contributed by atoms with Gasteiger partial charge in [0.15, 0.2) is 5.90 Å². The summed E-state index contributed by atoms with van der Waals surface area (Å²) in [6.07, 6.45) is 6.09. The molecule has 3 N–H and O–H groups in total. The molecule has 4 rings (SSSR count). The lowest BCUT2D eigenvalue weighted by Crippen LogP contribution is -2.42.